The van der Waals surface area contributed by atoms with Gasteiger partial charge in [-0.1, -0.05) is 64.7 Å². The number of hydrogen-bond donors (Lipinski definition) is 0. The van der Waals surface area contributed by atoms with Gasteiger partial charge in [0.2, 0.25) is 0 Å². The Kier molecular flexibility index (Phi) is 20.4. The van der Waals surface area contributed by atoms with E-state index >= 15 is 0 Å². The van der Waals surface area contributed by atoms with E-state index in [0.717, 1.165) is 25.9 Å². The van der Waals surface area contributed by atoms with E-state index in [-0.39, 0.29) is 5.97 Å². The van der Waals surface area contributed by atoms with Gasteiger partial charge in [0.1, 0.15) is 6.61 Å². The zero-order chi connectivity index (χ0) is 21.6. The second-order valence-electron chi connectivity index (χ2n) is 7.52. The summed E-state index contributed by atoms with van der Waals surface area (Å²) in [4.78, 5) is 11.7. The van der Waals surface area contributed by atoms with Gasteiger partial charge in [-0.05, 0) is 19.3 Å². The topological polar surface area (TPSA) is 63.2 Å². The van der Waals surface area contributed by atoms with Crippen molar-refractivity contribution >= 4 is 14.8 Å². The van der Waals surface area contributed by atoms with Crippen LogP contribution in [0.15, 0.2) is 0 Å². The molecule has 0 atom stereocenters. The average molecular weight is 435 g/mol. The predicted molar refractivity (Wildman–Crippen MR) is 119 cm³/mol. The van der Waals surface area contributed by atoms with Crippen molar-refractivity contribution in [1.82, 2.24) is 0 Å². The molecule has 0 radical (unpaired) electrons. The van der Waals surface area contributed by atoms with Crippen molar-refractivity contribution in [3.8, 4) is 0 Å². The molecule has 29 heavy (non-hydrogen) atoms. The molecule has 0 amide bonds. The Morgan fingerprint density at radius 3 is 1.76 bits per heavy atom. The van der Waals surface area contributed by atoms with Gasteiger partial charge in [0.15, 0.2) is 0 Å². The van der Waals surface area contributed by atoms with Crippen molar-refractivity contribution in [3.05, 3.63) is 0 Å². The molecule has 0 aliphatic rings. The summed E-state index contributed by atoms with van der Waals surface area (Å²) in [5.41, 5.74) is 0. The molecule has 0 aromatic carbocycles. The van der Waals surface area contributed by atoms with Crippen LogP contribution in [0.2, 0.25) is 6.04 Å². The fourth-order valence-corrected chi connectivity index (χ4v) is 5.04. The van der Waals surface area contributed by atoms with E-state index < -0.39 is 8.80 Å². The molecule has 0 heterocycles. The minimum absolute atomic E-state index is 0.174. The van der Waals surface area contributed by atoms with Gasteiger partial charge in [0.05, 0.1) is 6.61 Å². The summed E-state index contributed by atoms with van der Waals surface area (Å²) >= 11 is 0. The van der Waals surface area contributed by atoms with Gasteiger partial charge >= 0.3 is 14.8 Å². The molecule has 0 aliphatic carbocycles. The number of rotatable bonds is 22. The summed E-state index contributed by atoms with van der Waals surface area (Å²) in [5, 5.41) is 0. The third kappa shape index (κ3) is 17.0. The van der Waals surface area contributed by atoms with E-state index in [1.165, 1.54) is 57.8 Å². The minimum atomic E-state index is -2.52. The van der Waals surface area contributed by atoms with Crippen molar-refractivity contribution in [3.63, 3.8) is 0 Å². The molecule has 0 bridgehead atoms. The maximum absolute atomic E-state index is 11.7. The van der Waals surface area contributed by atoms with Crippen LogP contribution in [-0.2, 0) is 27.5 Å². The molecule has 0 aromatic heterocycles. The lowest BCUT2D eigenvalue weighted by Gasteiger charge is -2.24. The minimum Gasteiger partial charge on any atom is -0.463 e. The molecule has 6 nitrogen and oxygen atoms in total. The van der Waals surface area contributed by atoms with Crippen LogP contribution in [0.4, 0.5) is 0 Å². The van der Waals surface area contributed by atoms with Gasteiger partial charge in [-0.15, -0.1) is 0 Å². The van der Waals surface area contributed by atoms with Crippen molar-refractivity contribution in [2.75, 3.05) is 41.2 Å². The summed E-state index contributed by atoms with van der Waals surface area (Å²) in [6, 6.07) is 0.700. The van der Waals surface area contributed by atoms with Gasteiger partial charge in [-0.3, -0.25) is 4.79 Å². The Morgan fingerprint density at radius 2 is 1.21 bits per heavy atom. The second-order valence-corrected chi connectivity index (χ2v) is 10.6. The molecule has 0 aliphatic heterocycles. The van der Waals surface area contributed by atoms with E-state index in [0.29, 0.717) is 25.7 Å². The third-order valence-electron chi connectivity index (χ3n) is 5.18. The average Bonchev–Trinajstić information content (AvgIpc) is 2.74. The van der Waals surface area contributed by atoms with E-state index in [9.17, 15) is 4.79 Å². The lowest BCUT2D eigenvalue weighted by molar-refractivity contribution is -0.145. The highest BCUT2D eigenvalue weighted by atomic mass is 28.4. The van der Waals surface area contributed by atoms with Crippen molar-refractivity contribution in [2.24, 2.45) is 0 Å². The molecule has 0 spiro atoms. The molecule has 174 valence electrons. The van der Waals surface area contributed by atoms with Crippen LogP contribution in [0.5, 0.6) is 0 Å². The van der Waals surface area contributed by atoms with Gasteiger partial charge in [-0.2, -0.15) is 0 Å². The van der Waals surface area contributed by atoms with Crippen LogP contribution in [0.25, 0.3) is 0 Å². The van der Waals surface area contributed by atoms with E-state index in [1.807, 2.05) is 0 Å². The highest BCUT2D eigenvalue weighted by molar-refractivity contribution is 6.60. The molecular formula is C22H46O6Si. The molecule has 0 aromatic rings. The molecule has 0 rings (SSSR count). The monoisotopic (exact) mass is 434 g/mol. The number of hydrogen-bond acceptors (Lipinski definition) is 6. The van der Waals surface area contributed by atoms with Crippen LogP contribution in [0, 0.1) is 0 Å². The number of unbranched alkanes of at least 4 members (excludes halogenated alkanes) is 10. The molecule has 0 fully saturated rings. The number of ether oxygens (including phenoxy) is 2. The Hall–Kier alpha value is -0.473. The fourth-order valence-electron chi connectivity index (χ4n) is 3.25. The summed E-state index contributed by atoms with van der Waals surface area (Å²) < 4.78 is 26.8. The maximum Gasteiger partial charge on any atom is 0.500 e. The zero-order valence-electron chi connectivity index (χ0n) is 19.5. The smallest absolute Gasteiger partial charge is 0.463 e. The third-order valence-corrected chi connectivity index (χ3v) is 8.01. The van der Waals surface area contributed by atoms with Crippen molar-refractivity contribution in [2.45, 2.75) is 96.4 Å². The van der Waals surface area contributed by atoms with E-state index in [1.54, 1.807) is 21.3 Å². The molecular weight excluding hydrogens is 388 g/mol. The highest BCUT2D eigenvalue weighted by Gasteiger charge is 2.36. The van der Waals surface area contributed by atoms with Gasteiger partial charge < -0.3 is 22.8 Å². The van der Waals surface area contributed by atoms with Crippen LogP contribution in [-0.4, -0.2) is 55.9 Å². The van der Waals surface area contributed by atoms with E-state index in [2.05, 4.69) is 6.92 Å². The molecule has 0 N–H and O–H groups in total. The standard InChI is InChI=1S/C22H46O6Si/c1-5-6-7-8-9-10-11-12-13-15-18-27-19-20-28-22(23)17-14-16-21-29(24-2,25-3)26-4/h5-21H2,1-4H3. The first-order chi connectivity index (χ1) is 14.1. The van der Waals surface area contributed by atoms with Gasteiger partial charge in [-0.25, -0.2) is 0 Å². The number of esters is 1. The fraction of sp³-hybridized carbons (Fsp3) is 0.955. The second kappa shape index (κ2) is 20.8. The lowest BCUT2D eigenvalue weighted by Crippen LogP contribution is -2.42. The first-order valence-electron chi connectivity index (χ1n) is 11.5. The van der Waals surface area contributed by atoms with E-state index in [4.69, 9.17) is 22.8 Å². The molecule has 0 unspecified atom stereocenters. The van der Waals surface area contributed by atoms with Crippen LogP contribution in [0.1, 0.15) is 90.4 Å². The zero-order valence-corrected chi connectivity index (χ0v) is 20.5. The predicted octanol–water partition coefficient (Wildman–Crippen LogP) is 5.52. The Morgan fingerprint density at radius 1 is 0.655 bits per heavy atom. The Labute approximate surface area is 180 Å². The maximum atomic E-state index is 11.7. The summed E-state index contributed by atoms with van der Waals surface area (Å²) in [5.74, 6) is -0.174. The van der Waals surface area contributed by atoms with Crippen LogP contribution < -0.4 is 0 Å². The first kappa shape index (κ1) is 28.5. The first-order valence-corrected chi connectivity index (χ1v) is 13.5. The largest absolute Gasteiger partial charge is 0.500 e. The van der Waals surface area contributed by atoms with Crippen molar-refractivity contribution in [1.29, 1.82) is 0 Å². The normalized spacial score (nSPS) is 11.7. The summed E-state index contributed by atoms with van der Waals surface area (Å²) in [6.07, 6.45) is 15.1. The quantitative estimate of drug-likeness (QED) is 0.127. The highest BCUT2D eigenvalue weighted by Crippen LogP contribution is 2.17. The Bertz CT molecular complexity index is 355. The van der Waals surface area contributed by atoms with Crippen LogP contribution in [0.3, 0.4) is 0 Å². The lowest BCUT2D eigenvalue weighted by atomic mass is 10.1. The molecule has 7 heteroatoms. The van der Waals surface area contributed by atoms with Gasteiger partial charge in [0.25, 0.3) is 0 Å². The number of carbonyl (C=O) groups is 1. The van der Waals surface area contributed by atoms with Crippen LogP contribution >= 0.6 is 0 Å². The summed E-state index contributed by atoms with van der Waals surface area (Å²) in [6.45, 7) is 3.83. The molecule has 0 saturated carbocycles. The molecule has 0 saturated heterocycles. The van der Waals surface area contributed by atoms with Crippen molar-refractivity contribution < 1.29 is 27.5 Å². The number of carbonyl (C=O) groups excluding carboxylic acids is 1. The Balaban J connectivity index is 3.35. The van der Waals surface area contributed by atoms with Gasteiger partial charge in [0, 0.05) is 40.4 Å². The SMILES string of the molecule is CCCCCCCCCCCCOCCOC(=O)CCCC[Si](OC)(OC)OC. The summed E-state index contributed by atoms with van der Waals surface area (Å²) in [7, 11) is 2.28.